The molecule has 1 aliphatic heterocycles. The van der Waals surface area contributed by atoms with Gasteiger partial charge in [0.1, 0.15) is 5.75 Å². The highest BCUT2D eigenvalue weighted by molar-refractivity contribution is 6.32. The van der Waals surface area contributed by atoms with Crippen LogP contribution in [0.1, 0.15) is 19.3 Å². The molecule has 2 rings (SSSR count). The molecule has 0 aromatic heterocycles. The average Bonchev–Trinajstić information content (AvgIpc) is 2.42. The molecule has 5 nitrogen and oxygen atoms in total. The van der Waals surface area contributed by atoms with Crippen LogP contribution in [0.3, 0.4) is 0 Å². The molecule has 104 valence electrons. The lowest BCUT2D eigenvalue weighted by Crippen LogP contribution is -2.30. The molecule has 19 heavy (non-hydrogen) atoms. The van der Waals surface area contributed by atoms with Gasteiger partial charge in [0.15, 0.2) is 0 Å². The van der Waals surface area contributed by atoms with Crippen molar-refractivity contribution >= 4 is 17.3 Å². The smallest absolute Gasteiger partial charge is 0.273 e. The topological polar surface area (TPSA) is 64.4 Å². The standard InChI is InChI=1S/C13H17ClN2O3/c14-12-4-3-11(16(17)18)8-13(12)19-7-5-10-2-1-6-15-9-10/h3-4,8,10,15H,1-2,5-7,9H2. The number of benzene rings is 1. The van der Waals surface area contributed by atoms with Crippen molar-refractivity contribution in [3.8, 4) is 5.75 Å². The molecule has 1 saturated heterocycles. The molecular weight excluding hydrogens is 268 g/mol. The van der Waals surface area contributed by atoms with Gasteiger partial charge in [-0.25, -0.2) is 0 Å². The second kappa shape index (κ2) is 6.73. The molecule has 1 aromatic rings. The predicted octanol–water partition coefficient (Wildman–Crippen LogP) is 3.02. The number of nitrogens with zero attached hydrogens (tertiary/aromatic N) is 1. The summed E-state index contributed by atoms with van der Waals surface area (Å²) in [5.74, 6) is 1.01. The number of hydrogen-bond donors (Lipinski definition) is 1. The zero-order chi connectivity index (χ0) is 13.7. The molecule has 0 saturated carbocycles. The number of rotatable bonds is 5. The fraction of sp³-hybridized carbons (Fsp3) is 0.538. The Morgan fingerprint density at radius 3 is 3.05 bits per heavy atom. The largest absolute Gasteiger partial charge is 0.492 e. The van der Waals surface area contributed by atoms with E-state index >= 15 is 0 Å². The lowest BCUT2D eigenvalue weighted by Gasteiger charge is -2.22. The minimum Gasteiger partial charge on any atom is -0.492 e. The molecule has 0 bridgehead atoms. The monoisotopic (exact) mass is 284 g/mol. The molecule has 1 heterocycles. The molecule has 1 unspecified atom stereocenters. The number of piperidine rings is 1. The van der Waals surface area contributed by atoms with Crippen LogP contribution in [-0.4, -0.2) is 24.6 Å². The zero-order valence-corrected chi connectivity index (χ0v) is 11.4. The Kier molecular flexibility index (Phi) is 4.99. The SMILES string of the molecule is O=[N+]([O-])c1ccc(Cl)c(OCCC2CCCNC2)c1. The third kappa shape index (κ3) is 4.08. The van der Waals surface area contributed by atoms with Crippen molar-refractivity contribution in [2.24, 2.45) is 5.92 Å². The van der Waals surface area contributed by atoms with E-state index in [0.717, 1.165) is 19.5 Å². The van der Waals surface area contributed by atoms with Gasteiger partial charge in [0, 0.05) is 6.07 Å². The van der Waals surface area contributed by atoms with E-state index in [4.69, 9.17) is 16.3 Å². The maximum atomic E-state index is 10.7. The summed E-state index contributed by atoms with van der Waals surface area (Å²) in [6, 6.07) is 4.25. The molecule has 0 radical (unpaired) electrons. The highest BCUT2D eigenvalue weighted by Gasteiger charge is 2.14. The number of nitro benzene ring substituents is 1. The van der Waals surface area contributed by atoms with Crippen molar-refractivity contribution < 1.29 is 9.66 Å². The summed E-state index contributed by atoms with van der Waals surface area (Å²) >= 11 is 5.96. The summed E-state index contributed by atoms with van der Waals surface area (Å²) in [6.45, 7) is 2.65. The summed E-state index contributed by atoms with van der Waals surface area (Å²) in [5.41, 5.74) is -0.00117. The van der Waals surface area contributed by atoms with Crippen molar-refractivity contribution in [2.75, 3.05) is 19.7 Å². The van der Waals surface area contributed by atoms with E-state index in [9.17, 15) is 10.1 Å². The third-order valence-electron chi connectivity index (χ3n) is 3.31. The van der Waals surface area contributed by atoms with E-state index < -0.39 is 4.92 Å². The second-order valence-corrected chi connectivity index (χ2v) is 5.13. The first-order valence-corrected chi connectivity index (χ1v) is 6.82. The van der Waals surface area contributed by atoms with Gasteiger partial charge in [-0.05, 0) is 44.3 Å². The summed E-state index contributed by atoms with van der Waals surface area (Å²) < 4.78 is 5.57. The van der Waals surface area contributed by atoms with Crippen LogP contribution >= 0.6 is 11.6 Å². The number of nitro groups is 1. The van der Waals surface area contributed by atoms with Gasteiger partial charge in [-0.3, -0.25) is 10.1 Å². The Balaban J connectivity index is 1.87. The Morgan fingerprint density at radius 1 is 1.53 bits per heavy atom. The van der Waals surface area contributed by atoms with Gasteiger partial charge in [0.2, 0.25) is 0 Å². The quantitative estimate of drug-likeness (QED) is 0.667. The summed E-state index contributed by atoms with van der Waals surface area (Å²) in [7, 11) is 0. The van der Waals surface area contributed by atoms with Crippen LogP contribution in [0.2, 0.25) is 5.02 Å². The van der Waals surface area contributed by atoms with Crippen LogP contribution in [0.25, 0.3) is 0 Å². The van der Waals surface area contributed by atoms with Crippen molar-refractivity contribution in [3.63, 3.8) is 0 Å². The molecule has 1 atom stereocenters. The predicted molar refractivity (Wildman–Crippen MR) is 73.8 cm³/mol. The molecule has 0 aliphatic carbocycles. The van der Waals surface area contributed by atoms with E-state index in [2.05, 4.69) is 5.32 Å². The summed E-state index contributed by atoms with van der Waals surface area (Å²) in [5, 5.41) is 14.4. The van der Waals surface area contributed by atoms with Crippen LogP contribution in [0.15, 0.2) is 18.2 Å². The fourth-order valence-electron chi connectivity index (χ4n) is 2.22. The number of hydrogen-bond acceptors (Lipinski definition) is 4. The van der Waals surface area contributed by atoms with Crippen molar-refractivity contribution in [2.45, 2.75) is 19.3 Å². The number of ether oxygens (including phenoxy) is 1. The fourth-order valence-corrected chi connectivity index (χ4v) is 2.39. The summed E-state index contributed by atoms with van der Waals surface area (Å²) in [6.07, 6.45) is 3.34. The minimum absolute atomic E-state index is 0.00117. The number of nitrogens with one attached hydrogen (secondary N) is 1. The van der Waals surface area contributed by atoms with Gasteiger partial charge >= 0.3 is 0 Å². The van der Waals surface area contributed by atoms with Crippen LogP contribution in [0.5, 0.6) is 5.75 Å². The van der Waals surface area contributed by atoms with E-state index in [1.165, 1.54) is 31.0 Å². The summed E-state index contributed by atoms with van der Waals surface area (Å²) in [4.78, 5) is 10.2. The molecule has 0 spiro atoms. The van der Waals surface area contributed by atoms with E-state index in [0.29, 0.717) is 23.3 Å². The van der Waals surface area contributed by atoms with E-state index in [-0.39, 0.29) is 5.69 Å². The number of halogens is 1. The highest BCUT2D eigenvalue weighted by Crippen LogP contribution is 2.29. The van der Waals surface area contributed by atoms with Gasteiger partial charge in [-0.2, -0.15) is 0 Å². The van der Waals surface area contributed by atoms with Crippen LogP contribution in [0.4, 0.5) is 5.69 Å². The molecule has 1 N–H and O–H groups in total. The second-order valence-electron chi connectivity index (χ2n) is 4.72. The van der Waals surface area contributed by atoms with Gasteiger partial charge in [0.05, 0.1) is 22.6 Å². The third-order valence-corrected chi connectivity index (χ3v) is 3.62. The molecule has 1 fully saturated rings. The highest BCUT2D eigenvalue weighted by atomic mass is 35.5. The van der Waals surface area contributed by atoms with Gasteiger partial charge in [-0.1, -0.05) is 11.6 Å². The van der Waals surface area contributed by atoms with Gasteiger partial charge in [0.25, 0.3) is 5.69 Å². The first-order valence-electron chi connectivity index (χ1n) is 6.44. The first kappa shape index (κ1) is 14.1. The zero-order valence-electron chi connectivity index (χ0n) is 10.6. The average molecular weight is 285 g/mol. The van der Waals surface area contributed by atoms with Gasteiger partial charge < -0.3 is 10.1 Å². The molecule has 1 aliphatic rings. The lowest BCUT2D eigenvalue weighted by molar-refractivity contribution is -0.384. The normalized spacial score (nSPS) is 19.1. The van der Waals surface area contributed by atoms with Gasteiger partial charge in [-0.15, -0.1) is 0 Å². The Labute approximate surface area is 117 Å². The minimum atomic E-state index is -0.450. The molecule has 6 heteroatoms. The van der Waals surface area contributed by atoms with Crippen LogP contribution < -0.4 is 10.1 Å². The molecule has 1 aromatic carbocycles. The van der Waals surface area contributed by atoms with Crippen LogP contribution in [0, 0.1) is 16.0 Å². The first-order chi connectivity index (χ1) is 9.16. The van der Waals surface area contributed by atoms with E-state index in [1.807, 2.05) is 0 Å². The van der Waals surface area contributed by atoms with Crippen LogP contribution in [-0.2, 0) is 0 Å². The van der Waals surface area contributed by atoms with Crippen molar-refractivity contribution in [1.29, 1.82) is 0 Å². The maximum absolute atomic E-state index is 10.7. The molecular formula is C13H17ClN2O3. The number of non-ortho nitro benzene ring substituents is 1. The van der Waals surface area contributed by atoms with Crippen molar-refractivity contribution in [1.82, 2.24) is 5.32 Å². The van der Waals surface area contributed by atoms with Crippen molar-refractivity contribution in [3.05, 3.63) is 33.3 Å². The molecule has 0 amide bonds. The Morgan fingerprint density at radius 2 is 2.37 bits per heavy atom. The lowest BCUT2D eigenvalue weighted by atomic mass is 9.97. The maximum Gasteiger partial charge on any atom is 0.273 e. The van der Waals surface area contributed by atoms with E-state index in [1.54, 1.807) is 0 Å². The Hall–Kier alpha value is -1.33. The Bertz CT molecular complexity index is 448.